The van der Waals surface area contributed by atoms with E-state index in [2.05, 4.69) is 4.98 Å². The molecular weight excluding hydrogens is 346 g/mol. The van der Waals surface area contributed by atoms with E-state index in [1.54, 1.807) is 23.7 Å². The Morgan fingerprint density at radius 2 is 1.88 bits per heavy atom. The number of halogens is 1. The van der Waals surface area contributed by atoms with Gasteiger partial charge in [-0.15, -0.1) is 0 Å². The molecular formula is C16H18ClN5O3. The van der Waals surface area contributed by atoms with Crippen LogP contribution in [0.3, 0.4) is 0 Å². The maximum absolute atomic E-state index is 12.8. The second-order valence-electron chi connectivity index (χ2n) is 5.73. The lowest BCUT2D eigenvalue weighted by atomic mass is 10.2. The highest BCUT2D eigenvalue weighted by molar-refractivity contribution is 6.30. The summed E-state index contributed by atoms with van der Waals surface area (Å²) in [4.78, 5) is 29.4. The molecule has 0 aliphatic heterocycles. The van der Waals surface area contributed by atoms with Crippen molar-refractivity contribution in [2.24, 2.45) is 7.05 Å². The van der Waals surface area contributed by atoms with E-state index in [9.17, 15) is 9.59 Å². The number of rotatable bonds is 5. The molecule has 0 saturated heterocycles. The van der Waals surface area contributed by atoms with Crippen LogP contribution in [0.4, 0.5) is 5.95 Å². The zero-order valence-electron chi connectivity index (χ0n) is 13.6. The molecule has 0 saturated carbocycles. The van der Waals surface area contributed by atoms with Crippen molar-refractivity contribution in [3.05, 3.63) is 55.7 Å². The van der Waals surface area contributed by atoms with E-state index >= 15 is 0 Å². The third-order valence-corrected chi connectivity index (χ3v) is 4.31. The van der Waals surface area contributed by atoms with E-state index in [-0.39, 0.29) is 30.3 Å². The molecule has 0 amide bonds. The van der Waals surface area contributed by atoms with Crippen molar-refractivity contribution in [3.63, 3.8) is 0 Å². The second-order valence-corrected chi connectivity index (χ2v) is 6.17. The summed E-state index contributed by atoms with van der Waals surface area (Å²) in [6.45, 7) is 0.344. The number of anilines is 1. The Bertz CT molecular complexity index is 1030. The number of hydrogen-bond acceptors (Lipinski definition) is 5. The van der Waals surface area contributed by atoms with Crippen LogP contribution in [0.25, 0.3) is 11.2 Å². The van der Waals surface area contributed by atoms with Gasteiger partial charge in [0, 0.05) is 25.2 Å². The van der Waals surface area contributed by atoms with Crippen LogP contribution >= 0.6 is 11.6 Å². The highest BCUT2D eigenvalue weighted by atomic mass is 35.5. The average Bonchev–Trinajstić information content (AvgIpc) is 2.92. The number of benzene rings is 1. The molecule has 2 aromatic heterocycles. The molecule has 2 heterocycles. The predicted octanol–water partition coefficient (Wildman–Crippen LogP) is 0.563. The Labute approximate surface area is 147 Å². The molecule has 0 aliphatic rings. The predicted molar refractivity (Wildman–Crippen MR) is 95.9 cm³/mol. The Hall–Kier alpha value is -2.58. The lowest BCUT2D eigenvalue weighted by molar-refractivity contribution is 0.277. The van der Waals surface area contributed by atoms with Crippen molar-refractivity contribution < 1.29 is 5.11 Å². The minimum absolute atomic E-state index is 0.111. The molecule has 3 rings (SSSR count). The lowest BCUT2D eigenvalue weighted by Crippen LogP contribution is -2.39. The standard InChI is InChI=1S/C16H18ClN5O3/c1-20-13-12(14(24)21(16(20)25)7-2-8-23)22(15(18)19-13)9-10-3-5-11(17)6-4-10/h3-6,23H,2,7-9H2,1H3,(H2,18,19). The normalized spacial score (nSPS) is 11.3. The summed E-state index contributed by atoms with van der Waals surface area (Å²) in [7, 11) is 1.54. The van der Waals surface area contributed by atoms with Crippen molar-refractivity contribution in [1.82, 2.24) is 18.7 Å². The number of nitrogens with zero attached hydrogens (tertiary/aromatic N) is 4. The number of hydrogen-bond donors (Lipinski definition) is 2. The summed E-state index contributed by atoms with van der Waals surface area (Å²) in [5.74, 6) is 0.150. The number of nitrogens with two attached hydrogens (primary N) is 1. The van der Waals surface area contributed by atoms with Crippen LogP contribution in [-0.2, 0) is 20.1 Å². The molecule has 1 aromatic carbocycles. The summed E-state index contributed by atoms with van der Waals surface area (Å²) in [5.41, 5.74) is 6.43. The van der Waals surface area contributed by atoms with Crippen molar-refractivity contribution >= 4 is 28.7 Å². The molecule has 0 radical (unpaired) electrons. The van der Waals surface area contributed by atoms with Crippen LogP contribution in [0.15, 0.2) is 33.9 Å². The Morgan fingerprint density at radius 1 is 1.20 bits per heavy atom. The number of aliphatic hydroxyl groups is 1. The number of aliphatic hydroxyl groups excluding tert-OH is 1. The number of aryl methyl sites for hydroxylation is 1. The van der Waals surface area contributed by atoms with Gasteiger partial charge in [0.2, 0.25) is 5.95 Å². The summed E-state index contributed by atoms with van der Waals surface area (Å²) < 4.78 is 3.97. The van der Waals surface area contributed by atoms with Gasteiger partial charge in [0.25, 0.3) is 5.56 Å². The van der Waals surface area contributed by atoms with Gasteiger partial charge in [-0.2, -0.15) is 4.98 Å². The molecule has 25 heavy (non-hydrogen) atoms. The maximum atomic E-state index is 12.8. The van der Waals surface area contributed by atoms with Crippen molar-refractivity contribution in [2.45, 2.75) is 19.5 Å². The molecule has 132 valence electrons. The van der Waals surface area contributed by atoms with Gasteiger partial charge < -0.3 is 15.4 Å². The first-order valence-electron chi connectivity index (χ1n) is 7.75. The fourth-order valence-corrected chi connectivity index (χ4v) is 2.87. The van der Waals surface area contributed by atoms with Gasteiger partial charge in [-0.25, -0.2) is 4.79 Å². The van der Waals surface area contributed by atoms with Crippen LogP contribution in [0, 0.1) is 0 Å². The largest absolute Gasteiger partial charge is 0.396 e. The molecule has 3 aromatic rings. The number of nitrogen functional groups attached to an aromatic ring is 1. The minimum atomic E-state index is -0.484. The Morgan fingerprint density at radius 3 is 2.52 bits per heavy atom. The third kappa shape index (κ3) is 3.06. The average molecular weight is 364 g/mol. The molecule has 0 atom stereocenters. The second kappa shape index (κ2) is 6.73. The third-order valence-electron chi connectivity index (χ3n) is 4.06. The van der Waals surface area contributed by atoms with E-state index in [1.165, 1.54) is 4.57 Å². The lowest BCUT2D eigenvalue weighted by Gasteiger charge is -2.10. The molecule has 0 spiro atoms. The van der Waals surface area contributed by atoms with Crippen LogP contribution in [-0.4, -0.2) is 30.4 Å². The van der Waals surface area contributed by atoms with E-state index in [0.29, 0.717) is 18.0 Å². The highest BCUT2D eigenvalue weighted by Crippen LogP contribution is 2.17. The Balaban J connectivity index is 2.20. The molecule has 0 aliphatic carbocycles. The summed E-state index contributed by atoms with van der Waals surface area (Å²) in [6.07, 6.45) is 0.307. The van der Waals surface area contributed by atoms with Crippen LogP contribution in [0.2, 0.25) is 5.02 Å². The number of fused-ring (bicyclic) bond motifs is 1. The number of aromatic nitrogens is 4. The van der Waals surface area contributed by atoms with Gasteiger partial charge in [-0.1, -0.05) is 23.7 Å². The van der Waals surface area contributed by atoms with Gasteiger partial charge in [-0.3, -0.25) is 13.9 Å². The smallest absolute Gasteiger partial charge is 0.332 e. The summed E-state index contributed by atoms with van der Waals surface area (Å²) in [5, 5.41) is 9.61. The quantitative estimate of drug-likeness (QED) is 0.688. The molecule has 8 nitrogen and oxygen atoms in total. The fraction of sp³-hybridized carbons (Fsp3) is 0.312. The van der Waals surface area contributed by atoms with E-state index in [0.717, 1.165) is 10.1 Å². The van der Waals surface area contributed by atoms with E-state index < -0.39 is 11.2 Å². The van der Waals surface area contributed by atoms with Crippen molar-refractivity contribution in [3.8, 4) is 0 Å². The van der Waals surface area contributed by atoms with Gasteiger partial charge in [0.1, 0.15) is 0 Å². The maximum Gasteiger partial charge on any atom is 0.332 e. The van der Waals surface area contributed by atoms with Gasteiger partial charge in [-0.05, 0) is 24.1 Å². The first-order valence-corrected chi connectivity index (χ1v) is 8.12. The molecule has 9 heteroatoms. The first kappa shape index (κ1) is 17.2. The van der Waals surface area contributed by atoms with Crippen molar-refractivity contribution in [2.75, 3.05) is 12.3 Å². The van der Waals surface area contributed by atoms with Crippen LogP contribution in [0.5, 0.6) is 0 Å². The molecule has 0 bridgehead atoms. The SMILES string of the molecule is Cn1c(=O)n(CCCO)c(=O)c2c1nc(N)n2Cc1ccc(Cl)cc1. The van der Waals surface area contributed by atoms with Gasteiger partial charge in [0.15, 0.2) is 11.2 Å². The fourth-order valence-electron chi connectivity index (χ4n) is 2.75. The monoisotopic (exact) mass is 363 g/mol. The Kier molecular flexibility index (Phi) is 4.65. The van der Waals surface area contributed by atoms with Gasteiger partial charge >= 0.3 is 5.69 Å². The summed E-state index contributed by atoms with van der Waals surface area (Å²) in [6, 6.07) is 7.17. The van der Waals surface area contributed by atoms with E-state index in [1.807, 2.05) is 12.1 Å². The van der Waals surface area contributed by atoms with Crippen molar-refractivity contribution in [1.29, 1.82) is 0 Å². The van der Waals surface area contributed by atoms with Crippen LogP contribution in [0.1, 0.15) is 12.0 Å². The zero-order valence-corrected chi connectivity index (χ0v) is 14.4. The van der Waals surface area contributed by atoms with E-state index in [4.69, 9.17) is 22.4 Å². The molecule has 0 unspecified atom stereocenters. The molecule has 0 fully saturated rings. The highest BCUT2D eigenvalue weighted by Gasteiger charge is 2.19. The summed E-state index contributed by atoms with van der Waals surface area (Å²) >= 11 is 5.90. The number of imidazole rings is 1. The van der Waals surface area contributed by atoms with Gasteiger partial charge in [0.05, 0.1) is 6.54 Å². The zero-order chi connectivity index (χ0) is 18.1. The first-order chi connectivity index (χ1) is 11.9. The topological polar surface area (TPSA) is 108 Å². The minimum Gasteiger partial charge on any atom is -0.396 e. The molecule has 3 N–H and O–H groups in total. The van der Waals surface area contributed by atoms with Crippen LogP contribution < -0.4 is 17.0 Å².